The zero-order chi connectivity index (χ0) is 9.89. The standard InChI is InChI=1S/C9H20N2O/c1-6(2)8(10)9(12)11(5)7(3)4/h6-8H,10H2,1-5H3/t8-/m1/s1. The van der Waals surface area contributed by atoms with Crippen LogP contribution < -0.4 is 5.73 Å². The van der Waals surface area contributed by atoms with Crippen molar-refractivity contribution in [2.75, 3.05) is 7.05 Å². The molecule has 3 heteroatoms. The van der Waals surface area contributed by atoms with Crippen LogP contribution in [0.3, 0.4) is 0 Å². The second kappa shape index (κ2) is 4.45. The molecule has 1 amide bonds. The van der Waals surface area contributed by atoms with Crippen LogP contribution in [-0.2, 0) is 4.79 Å². The Morgan fingerprint density at radius 2 is 1.67 bits per heavy atom. The summed E-state index contributed by atoms with van der Waals surface area (Å²) in [7, 11) is 1.79. The molecule has 0 aromatic carbocycles. The molecule has 0 aliphatic carbocycles. The van der Waals surface area contributed by atoms with Crippen molar-refractivity contribution in [2.45, 2.75) is 39.8 Å². The number of carbonyl (C=O) groups excluding carboxylic acids is 1. The van der Waals surface area contributed by atoms with Crippen molar-refractivity contribution in [3.8, 4) is 0 Å². The van der Waals surface area contributed by atoms with Gasteiger partial charge in [-0.2, -0.15) is 0 Å². The summed E-state index contributed by atoms with van der Waals surface area (Å²) in [5.41, 5.74) is 5.71. The van der Waals surface area contributed by atoms with Crippen molar-refractivity contribution in [1.82, 2.24) is 4.90 Å². The van der Waals surface area contributed by atoms with Crippen LogP contribution in [0.5, 0.6) is 0 Å². The van der Waals surface area contributed by atoms with E-state index in [2.05, 4.69) is 0 Å². The van der Waals surface area contributed by atoms with Crippen LogP contribution in [0.1, 0.15) is 27.7 Å². The number of hydrogen-bond donors (Lipinski definition) is 1. The molecule has 0 saturated carbocycles. The number of nitrogens with two attached hydrogens (primary N) is 1. The van der Waals surface area contributed by atoms with Gasteiger partial charge < -0.3 is 10.6 Å². The Morgan fingerprint density at radius 1 is 1.25 bits per heavy atom. The van der Waals surface area contributed by atoms with Crippen LogP contribution in [0.2, 0.25) is 0 Å². The molecule has 72 valence electrons. The van der Waals surface area contributed by atoms with Gasteiger partial charge in [0.05, 0.1) is 6.04 Å². The molecule has 0 unspecified atom stereocenters. The summed E-state index contributed by atoms with van der Waals surface area (Å²) >= 11 is 0. The van der Waals surface area contributed by atoms with E-state index in [-0.39, 0.29) is 23.9 Å². The summed E-state index contributed by atoms with van der Waals surface area (Å²) in [5.74, 6) is 0.235. The monoisotopic (exact) mass is 172 g/mol. The van der Waals surface area contributed by atoms with Crippen LogP contribution >= 0.6 is 0 Å². The number of hydrogen-bond acceptors (Lipinski definition) is 2. The Balaban J connectivity index is 4.19. The third-order valence-corrected chi connectivity index (χ3v) is 2.13. The van der Waals surface area contributed by atoms with Crippen LogP contribution in [0.25, 0.3) is 0 Å². The summed E-state index contributed by atoms with van der Waals surface area (Å²) in [4.78, 5) is 13.2. The molecule has 1 atom stereocenters. The second-order valence-corrected chi connectivity index (χ2v) is 3.81. The zero-order valence-electron chi connectivity index (χ0n) is 8.66. The molecule has 0 spiro atoms. The van der Waals surface area contributed by atoms with Crippen molar-refractivity contribution in [1.29, 1.82) is 0 Å². The third kappa shape index (κ3) is 2.81. The molecular weight excluding hydrogens is 152 g/mol. The van der Waals surface area contributed by atoms with Gasteiger partial charge in [-0.3, -0.25) is 4.79 Å². The van der Waals surface area contributed by atoms with Crippen LogP contribution in [0, 0.1) is 5.92 Å². The number of nitrogens with zero attached hydrogens (tertiary/aromatic N) is 1. The minimum Gasteiger partial charge on any atom is -0.342 e. The van der Waals surface area contributed by atoms with Crippen molar-refractivity contribution >= 4 is 5.91 Å². The van der Waals surface area contributed by atoms with E-state index in [9.17, 15) is 4.79 Å². The molecule has 0 rings (SSSR count). The fourth-order valence-corrected chi connectivity index (χ4v) is 0.775. The smallest absolute Gasteiger partial charge is 0.239 e. The number of rotatable bonds is 3. The predicted molar refractivity (Wildman–Crippen MR) is 50.7 cm³/mol. The lowest BCUT2D eigenvalue weighted by Gasteiger charge is -2.26. The van der Waals surface area contributed by atoms with E-state index in [1.807, 2.05) is 27.7 Å². The van der Waals surface area contributed by atoms with Crippen LogP contribution in [0.4, 0.5) is 0 Å². The van der Waals surface area contributed by atoms with Crippen molar-refractivity contribution in [2.24, 2.45) is 11.7 Å². The van der Waals surface area contributed by atoms with E-state index in [4.69, 9.17) is 5.73 Å². The SMILES string of the molecule is CC(C)[C@@H](N)C(=O)N(C)C(C)C. The fraction of sp³-hybridized carbons (Fsp3) is 0.889. The van der Waals surface area contributed by atoms with Gasteiger partial charge in [0, 0.05) is 13.1 Å². The third-order valence-electron chi connectivity index (χ3n) is 2.13. The molecule has 0 aliphatic heterocycles. The highest BCUT2D eigenvalue weighted by Crippen LogP contribution is 2.04. The van der Waals surface area contributed by atoms with Crippen molar-refractivity contribution in [3.63, 3.8) is 0 Å². The zero-order valence-corrected chi connectivity index (χ0v) is 8.66. The molecule has 0 aliphatic rings. The lowest BCUT2D eigenvalue weighted by atomic mass is 10.0. The van der Waals surface area contributed by atoms with Gasteiger partial charge in [-0.05, 0) is 19.8 Å². The Morgan fingerprint density at radius 3 is 1.92 bits per heavy atom. The van der Waals surface area contributed by atoms with E-state index in [0.717, 1.165) is 0 Å². The summed E-state index contributed by atoms with van der Waals surface area (Å²) in [6.07, 6.45) is 0. The first-order valence-electron chi connectivity index (χ1n) is 4.40. The molecule has 2 N–H and O–H groups in total. The molecule has 0 saturated heterocycles. The topological polar surface area (TPSA) is 46.3 Å². The molecule has 0 radical (unpaired) electrons. The molecule has 3 nitrogen and oxygen atoms in total. The minimum atomic E-state index is -0.364. The molecule has 12 heavy (non-hydrogen) atoms. The summed E-state index contributed by atoms with van der Waals surface area (Å²) in [6, 6.07) is -0.139. The normalized spacial score (nSPS) is 13.7. The molecule has 0 aromatic rings. The van der Waals surface area contributed by atoms with E-state index in [1.165, 1.54) is 0 Å². The second-order valence-electron chi connectivity index (χ2n) is 3.81. The van der Waals surface area contributed by atoms with Gasteiger partial charge in [0.2, 0.25) is 5.91 Å². The quantitative estimate of drug-likeness (QED) is 0.685. The van der Waals surface area contributed by atoms with E-state index < -0.39 is 0 Å². The molecule has 0 aromatic heterocycles. The largest absolute Gasteiger partial charge is 0.342 e. The number of carbonyl (C=O) groups is 1. The maximum Gasteiger partial charge on any atom is 0.239 e. The highest BCUT2D eigenvalue weighted by atomic mass is 16.2. The molecule has 0 bridgehead atoms. The average molecular weight is 172 g/mol. The van der Waals surface area contributed by atoms with Gasteiger partial charge in [0.25, 0.3) is 0 Å². The summed E-state index contributed by atoms with van der Waals surface area (Å²) in [6.45, 7) is 7.86. The number of likely N-dealkylation sites (N-methyl/N-ethyl adjacent to an activating group) is 1. The molecular formula is C9H20N2O. The van der Waals surface area contributed by atoms with E-state index in [1.54, 1.807) is 11.9 Å². The molecule has 0 fully saturated rings. The first-order chi connectivity index (χ1) is 5.37. The average Bonchev–Trinajstić information content (AvgIpc) is 2.00. The van der Waals surface area contributed by atoms with E-state index in [0.29, 0.717) is 0 Å². The maximum atomic E-state index is 11.5. The lowest BCUT2D eigenvalue weighted by molar-refractivity contribution is -0.133. The fourth-order valence-electron chi connectivity index (χ4n) is 0.775. The minimum absolute atomic E-state index is 0.0278. The van der Waals surface area contributed by atoms with Gasteiger partial charge >= 0.3 is 0 Å². The van der Waals surface area contributed by atoms with Gasteiger partial charge in [-0.25, -0.2) is 0 Å². The van der Waals surface area contributed by atoms with Gasteiger partial charge in [0.1, 0.15) is 0 Å². The first-order valence-corrected chi connectivity index (χ1v) is 4.40. The Hall–Kier alpha value is -0.570. The maximum absolute atomic E-state index is 11.5. The highest BCUT2D eigenvalue weighted by molar-refractivity contribution is 5.81. The summed E-state index contributed by atoms with van der Waals surface area (Å²) < 4.78 is 0. The Labute approximate surface area is 74.9 Å². The highest BCUT2D eigenvalue weighted by Gasteiger charge is 2.22. The van der Waals surface area contributed by atoms with Gasteiger partial charge in [0.15, 0.2) is 0 Å². The van der Waals surface area contributed by atoms with Crippen LogP contribution in [0.15, 0.2) is 0 Å². The van der Waals surface area contributed by atoms with Crippen LogP contribution in [-0.4, -0.2) is 29.9 Å². The summed E-state index contributed by atoms with van der Waals surface area (Å²) in [5, 5.41) is 0. The predicted octanol–water partition coefficient (Wildman–Crippen LogP) is 0.836. The number of amides is 1. The first kappa shape index (κ1) is 11.4. The van der Waals surface area contributed by atoms with Gasteiger partial charge in [-0.1, -0.05) is 13.8 Å². The Kier molecular flexibility index (Phi) is 4.24. The van der Waals surface area contributed by atoms with Gasteiger partial charge in [-0.15, -0.1) is 0 Å². The van der Waals surface area contributed by atoms with Crippen molar-refractivity contribution < 1.29 is 4.79 Å². The molecule has 0 heterocycles. The Bertz CT molecular complexity index is 139. The van der Waals surface area contributed by atoms with Crippen molar-refractivity contribution in [3.05, 3.63) is 0 Å². The lowest BCUT2D eigenvalue weighted by Crippen LogP contribution is -2.47. The van der Waals surface area contributed by atoms with E-state index >= 15 is 0 Å².